The van der Waals surface area contributed by atoms with Crippen molar-refractivity contribution in [1.29, 1.82) is 0 Å². The van der Waals surface area contributed by atoms with Crippen molar-refractivity contribution in [3.63, 3.8) is 0 Å². The van der Waals surface area contributed by atoms with E-state index < -0.39 is 0 Å². The molecule has 0 saturated heterocycles. The molecule has 2 amide bonds. The Balaban J connectivity index is 3.85. The van der Waals surface area contributed by atoms with Gasteiger partial charge in [0, 0.05) is 33.0 Å². The summed E-state index contributed by atoms with van der Waals surface area (Å²) in [5.41, 5.74) is 0. The summed E-state index contributed by atoms with van der Waals surface area (Å²) in [6.45, 7) is 9.58. The molecule has 0 saturated carbocycles. The highest BCUT2D eigenvalue weighted by atomic mass is 16.2. The van der Waals surface area contributed by atoms with Crippen molar-refractivity contribution in [2.45, 2.75) is 40.5 Å². The van der Waals surface area contributed by atoms with Gasteiger partial charge in [0.05, 0.1) is 0 Å². The fourth-order valence-electron chi connectivity index (χ4n) is 1.30. The second-order valence-corrected chi connectivity index (χ2v) is 4.39. The second kappa shape index (κ2) is 8.13. The number of amides is 2. The maximum Gasteiger partial charge on any atom is 0.219 e. The predicted molar refractivity (Wildman–Crippen MR) is 65.0 cm³/mol. The minimum Gasteiger partial charge on any atom is -0.354 e. The van der Waals surface area contributed by atoms with Crippen LogP contribution in [0.3, 0.4) is 0 Å². The van der Waals surface area contributed by atoms with Gasteiger partial charge in [0.25, 0.3) is 0 Å². The zero-order valence-electron chi connectivity index (χ0n) is 10.9. The van der Waals surface area contributed by atoms with Gasteiger partial charge in [0.15, 0.2) is 0 Å². The Kier molecular flexibility index (Phi) is 7.60. The molecular weight excluding hydrogens is 204 g/mol. The Labute approximate surface area is 98.4 Å². The van der Waals surface area contributed by atoms with E-state index >= 15 is 0 Å². The molecule has 4 heteroatoms. The highest BCUT2D eigenvalue weighted by molar-refractivity contribution is 5.75. The van der Waals surface area contributed by atoms with Crippen LogP contribution in [0.2, 0.25) is 0 Å². The van der Waals surface area contributed by atoms with E-state index in [4.69, 9.17) is 0 Å². The molecule has 94 valence electrons. The molecule has 0 aliphatic rings. The van der Waals surface area contributed by atoms with Crippen LogP contribution < -0.4 is 5.32 Å². The molecule has 0 aromatic rings. The minimum absolute atomic E-state index is 0.0346. The van der Waals surface area contributed by atoms with Crippen LogP contribution in [-0.4, -0.2) is 36.3 Å². The fourth-order valence-corrected chi connectivity index (χ4v) is 1.30. The molecule has 0 fully saturated rings. The Morgan fingerprint density at radius 2 is 1.88 bits per heavy atom. The monoisotopic (exact) mass is 228 g/mol. The summed E-state index contributed by atoms with van der Waals surface area (Å²) in [6.07, 6.45) is 1.49. The molecule has 0 bridgehead atoms. The Hall–Kier alpha value is -1.06. The average molecular weight is 228 g/mol. The van der Waals surface area contributed by atoms with Crippen LogP contribution in [0.25, 0.3) is 0 Å². The van der Waals surface area contributed by atoms with Gasteiger partial charge in [-0.05, 0) is 12.3 Å². The van der Waals surface area contributed by atoms with Gasteiger partial charge in [0.2, 0.25) is 11.8 Å². The van der Waals surface area contributed by atoms with Gasteiger partial charge in [-0.1, -0.05) is 20.8 Å². The van der Waals surface area contributed by atoms with Crippen molar-refractivity contribution < 1.29 is 9.59 Å². The van der Waals surface area contributed by atoms with Crippen molar-refractivity contribution in [1.82, 2.24) is 10.2 Å². The second-order valence-electron chi connectivity index (χ2n) is 4.39. The first-order valence-corrected chi connectivity index (χ1v) is 5.99. The quantitative estimate of drug-likeness (QED) is 0.716. The SMILES string of the molecule is CCC(=O)NCCN(CCC(C)C)C(C)=O. The molecule has 0 aromatic heterocycles. The number of carbonyl (C=O) groups is 2. The van der Waals surface area contributed by atoms with Crippen molar-refractivity contribution in [2.24, 2.45) is 5.92 Å². The van der Waals surface area contributed by atoms with Gasteiger partial charge >= 0.3 is 0 Å². The lowest BCUT2D eigenvalue weighted by molar-refractivity contribution is -0.129. The first-order chi connectivity index (χ1) is 7.47. The molecule has 0 aliphatic carbocycles. The predicted octanol–water partition coefficient (Wildman–Crippen LogP) is 1.41. The number of hydrogen-bond donors (Lipinski definition) is 1. The molecule has 0 unspecified atom stereocenters. The van der Waals surface area contributed by atoms with Crippen LogP contribution in [-0.2, 0) is 9.59 Å². The van der Waals surface area contributed by atoms with E-state index in [0.29, 0.717) is 25.4 Å². The Bertz CT molecular complexity index is 227. The maximum atomic E-state index is 11.3. The molecule has 0 heterocycles. The van der Waals surface area contributed by atoms with E-state index in [-0.39, 0.29) is 11.8 Å². The van der Waals surface area contributed by atoms with Crippen LogP contribution >= 0.6 is 0 Å². The molecule has 0 spiro atoms. The number of hydrogen-bond acceptors (Lipinski definition) is 2. The van der Waals surface area contributed by atoms with Crippen LogP contribution in [0.1, 0.15) is 40.5 Å². The highest BCUT2D eigenvalue weighted by Gasteiger charge is 2.09. The molecule has 1 N–H and O–H groups in total. The van der Waals surface area contributed by atoms with Gasteiger partial charge in [-0.15, -0.1) is 0 Å². The minimum atomic E-state index is 0.0346. The molecule has 0 rings (SSSR count). The summed E-state index contributed by atoms with van der Waals surface area (Å²) in [4.78, 5) is 24.1. The Morgan fingerprint density at radius 1 is 1.25 bits per heavy atom. The van der Waals surface area contributed by atoms with Crippen LogP contribution in [0.5, 0.6) is 0 Å². The Morgan fingerprint density at radius 3 is 2.31 bits per heavy atom. The van der Waals surface area contributed by atoms with Gasteiger partial charge in [-0.2, -0.15) is 0 Å². The van der Waals surface area contributed by atoms with Crippen LogP contribution in [0.4, 0.5) is 0 Å². The molecule has 16 heavy (non-hydrogen) atoms. The first-order valence-electron chi connectivity index (χ1n) is 5.99. The number of nitrogens with one attached hydrogen (secondary N) is 1. The summed E-state index contributed by atoms with van der Waals surface area (Å²) in [5, 5.41) is 2.77. The van der Waals surface area contributed by atoms with Crippen molar-refractivity contribution in [3.8, 4) is 0 Å². The van der Waals surface area contributed by atoms with Crippen molar-refractivity contribution in [3.05, 3.63) is 0 Å². The normalized spacial score (nSPS) is 10.3. The molecule has 0 atom stereocenters. The molecular formula is C12H24N2O2. The van der Waals surface area contributed by atoms with E-state index in [1.54, 1.807) is 11.8 Å². The smallest absolute Gasteiger partial charge is 0.219 e. The lowest BCUT2D eigenvalue weighted by Crippen LogP contribution is -2.38. The van der Waals surface area contributed by atoms with Crippen molar-refractivity contribution >= 4 is 11.8 Å². The average Bonchev–Trinajstić information content (AvgIpc) is 2.21. The zero-order valence-corrected chi connectivity index (χ0v) is 10.9. The largest absolute Gasteiger partial charge is 0.354 e. The summed E-state index contributed by atoms with van der Waals surface area (Å²) in [6, 6.07) is 0. The van der Waals surface area contributed by atoms with Crippen LogP contribution in [0.15, 0.2) is 0 Å². The number of nitrogens with zero attached hydrogens (tertiary/aromatic N) is 1. The lowest BCUT2D eigenvalue weighted by atomic mass is 10.1. The van der Waals surface area contributed by atoms with E-state index in [1.165, 1.54) is 0 Å². The topological polar surface area (TPSA) is 49.4 Å². The highest BCUT2D eigenvalue weighted by Crippen LogP contribution is 2.01. The third-order valence-electron chi connectivity index (χ3n) is 2.45. The van der Waals surface area contributed by atoms with Crippen LogP contribution in [0, 0.1) is 5.92 Å². The van der Waals surface area contributed by atoms with Gasteiger partial charge in [0.1, 0.15) is 0 Å². The standard InChI is InChI=1S/C12H24N2O2/c1-5-12(16)13-7-9-14(11(4)15)8-6-10(2)3/h10H,5-9H2,1-4H3,(H,13,16). The summed E-state index contributed by atoms with van der Waals surface area (Å²) in [7, 11) is 0. The van der Waals surface area contributed by atoms with Gasteiger partial charge in [-0.25, -0.2) is 0 Å². The summed E-state index contributed by atoms with van der Waals surface area (Å²) >= 11 is 0. The van der Waals surface area contributed by atoms with Crippen molar-refractivity contribution in [2.75, 3.05) is 19.6 Å². The van der Waals surface area contributed by atoms with Gasteiger partial charge < -0.3 is 10.2 Å². The number of rotatable bonds is 7. The van der Waals surface area contributed by atoms with E-state index in [1.807, 2.05) is 6.92 Å². The molecule has 0 aliphatic heterocycles. The zero-order chi connectivity index (χ0) is 12.6. The first kappa shape index (κ1) is 14.9. The van der Waals surface area contributed by atoms with Gasteiger partial charge in [-0.3, -0.25) is 9.59 Å². The molecule has 0 radical (unpaired) electrons. The lowest BCUT2D eigenvalue weighted by Gasteiger charge is -2.22. The van der Waals surface area contributed by atoms with E-state index in [0.717, 1.165) is 13.0 Å². The van der Waals surface area contributed by atoms with E-state index in [9.17, 15) is 9.59 Å². The fraction of sp³-hybridized carbons (Fsp3) is 0.833. The molecule has 4 nitrogen and oxygen atoms in total. The third-order valence-corrected chi connectivity index (χ3v) is 2.45. The summed E-state index contributed by atoms with van der Waals surface area (Å²) in [5.74, 6) is 0.700. The molecule has 0 aromatic carbocycles. The van der Waals surface area contributed by atoms with E-state index in [2.05, 4.69) is 19.2 Å². The summed E-state index contributed by atoms with van der Waals surface area (Å²) < 4.78 is 0. The maximum absolute atomic E-state index is 11.3. The third kappa shape index (κ3) is 7.26. The number of carbonyl (C=O) groups excluding carboxylic acids is 2.